The number of hydrogen-bond donors (Lipinski definition) is 1. The third-order valence-electron chi connectivity index (χ3n) is 2.08. The number of hydrogen-bond acceptors (Lipinski definition) is 2. The first-order valence-corrected chi connectivity index (χ1v) is 4.13. The van der Waals surface area contributed by atoms with Crippen LogP contribution in [0.5, 0.6) is 0 Å². The molecule has 3 heteroatoms. The van der Waals surface area contributed by atoms with Crippen LogP contribution in [0.2, 0.25) is 0 Å². The van der Waals surface area contributed by atoms with Crippen LogP contribution in [-0.2, 0) is 4.79 Å². The Morgan fingerprint density at radius 3 is 2.82 bits per heavy atom. The number of carbonyl (C=O) groups is 1. The van der Waals surface area contributed by atoms with Crippen LogP contribution in [0, 0.1) is 0 Å². The molecule has 64 valence electrons. The van der Waals surface area contributed by atoms with Gasteiger partial charge in [0.25, 0.3) is 0 Å². The summed E-state index contributed by atoms with van der Waals surface area (Å²) in [7, 11) is 3.61. The highest BCUT2D eigenvalue weighted by atomic mass is 16.2. The molecule has 0 aromatic carbocycles. The molecular formula is C8H16N2O. The van der Waals surface area contributed by atoms with E-state index in [4.69, 9.17) is 0 Å². The molecule has 0 bridgehead atoms. The average molecular weight is 156 g/mol. The van der Waals surface area contributed by atoms with E-state index in [9.17, 15) is 4.79 Å². The number of nitrogens with one attached hydrogen (secondary N) is 1. The predicted molar refractivity (Wildman–Crippen MR) is 44.3 cm³/mol. The van der Waals surface area contributed by atoms with Gasteiger partial charge in [-0.25, -0.2) is 0 Å². The largest absolute Gasteiger partial charge is 0.349 e. The third kappa shape index (κ3) is 2.50. The van der Waals surface area contributed by atoms with Crippen molar-refractivity contribution in [3.63, 3.8) is 0 Å². The van der Waals surface area contributed by atoms with Gasteiger partial charge < -0.3 is 10.2 Å². The van der Waals surface area contributed by atoms with E-state index in [0.717, 1.165) is 13.0 Å². The van der Waals surface area contributed by atoms with Crippen molar-refractivity contribution in [3.05, 3.63) is 0 Å². The quantitative estimate of drug-likeness (QED) is 0.620. The minimum Gasteiger partial charge on any atom is -0.349 e. The zero-order valence-electron chi connectivity index (χ0n) is 7.26. The second-order valence-electron chi connectivity index (χ2n) is 3.29. The van der Waals surface area contributed by atoms with Gasteiger partial charge in [-0.2, -0.15) is 0 Å². The molecule has 3 nitrogen and oxygen atoms in total. The van der Waals surface area contributed by atoms with E-state index < -0.39 is 0 Å². The topological polar surface area (TPSA) is 32.3 Å². The molecule has 1 atom stereocenters. The van der Waals surface area contributed by atoms with Gasteiger partial charge in [0.05, 0.1) is 0 Å². The van der Waals surface area contributed by atoms with Crippen LogP contribution < -0.4 is 5.32 Å². The molecule has 11 heavy (non-hydrogen) atoms. The maximum absolute atomic E-state index is 11.2. The Bertz CT molecular complexity index is 139. The molecule has 1 heterocycles. The number of amides is 1. The summed E-state index contributed by atoms with van der Waals surface area (Å²) in [6, 6.07) is 0.435. The van der Waals surface area contributed by atoms with Crippen molar-refractivity contribution in [3.8, 4) is 0 Å². The van der Waals surface area contributed by atoms with Gasteiger partial charge in [0.1, 0.15) is 0 Å². The first kappa shape index (κ1) is 8.53. The van der Waals surface area contributed by atoms with Gasteiger partial charge in [-0.15, -0.1) is 0 Å². The Hall–Kier alpha value is -0.570. The molecule has 0 radical (unpaired) electrons. The SMILES string of the molecule is CN(C)C(=O)C[C@H]1CCCN1. The molecular weight excluding hydrogens is 140 g/mol. The number of rotatable bonds is 2. The van der Waals surface area contributed by atoms with E-state index in [1.165, 1.54) is 6.42 Å². The lowest BCUT2D eigenvalue weighted by Crippen LogP contribution is -2.31. The molecule has 1 N–H and O–H groups in total. The third-order valence-corrected chi connectivity index (χ3v) is 2.08. The lowest BCUT2D eigenvalue weighted by atomic mass is 10.1. The van der Waals surface area contributed by atoms with Crippen LogP contribution in [-0.4, -0.2) is 37.5 Å². The van der Waals surface area contributed by atoms with Crippen molar-refractivity contribution in [2.45, 2.75) is 25.3 Å². The zero-order chi connectivity index (χ0) is 8.27. The molecule has 0 aliphatic carbocycles. The maximum atomic E-state index is 11.2. The Kier molecular flexibility index (Phi) is 2.88. The Balaban J connectivity index is 2.24. The van der Waals surface area contributed by atoms with E-state index >= 15 is 0 Å². The molecule has 0 spiro atoms. The highest BCUT2D eigenvalue weighted by Gasteiger charge is 2.17. The lowest BCUT2D eigenvalue weighted by Gasteiger charge is -2.13. The minimum absolute atomic E-state index is 0.226. The second kappa shape index (κ2) is 3.72. The Labute approximate surface area is 67.8 Å². The molecule has 1 saturated heterocycles. The first-order valence-electron chi connectivity index (χ1n) is 4.13. The first-order chi connectivity index (χ1) is 5.20. The van der Waals surface area contributed by atoms with Crippen molar-refractivity contribution < 1.29 is 4.79 Å². The van der Waals surface area contributed by atoms with Crippen LogP contribution in [0.4, 0.5) is 0 Å². The summed E-state index contributed by atoms with van der Waals surface area (Å²) in [4.78, 5) is 12.8. The van der Waals surface area contributed by atoms with Crippen LogP contribution in [0.3, 0.4) is 0 Å². The molecule has 1 rings (SSSR count). The normalized spacial score (nSPS) is 23.6. The maximum Gasteiger partial charge on any atom is 0.223 e. The van der Waals surface area contributed by atoms with Crippen LogP contribution in [0.1, 0.15) is 19.3 Å². The molecule has 1 aliphatic heterocycles. The van der Waals surface area contributed by atoms with Gasteiger partial charge in [-0.3, -0.25) is 4.79 Å². The summed E-state index contributed by atoms with van der Waals surface area (Å²) in [5.41, 5.74) is 0. The number of nitrogens with zero attached hydrogens (tertiary/aromatic N) is 1. The van der Waals surface area contributed by atoms with E-state index in [0.29, 0.717) is 12.5 Å². The van der Waals surface area contributed by atoms with Gasteiger partial charge in [-0.1, -0.05) is 0 Å². The van der Waals surface area contributed by atoms with E-state index in [-0.39, 0.29) is 5.91 Å². The fourth-order valence-electron chi connectivity index (χ4n) is 1.32. The zero-order valence-corrected chi connectivity index (χ0v) is 7.26. The highest BCUT2D eigenvalue weighted by Crippen LogP contribution is 2.09. The van der Waals surface area contributed by atoms with Crippen molar-refractivity contribution >= 4 is 5.91 Å². The van der Waals surface area contributed by atoms with E-state index in [1.54, 1.807) is 19.0 Å². The monoisotopic (exact) mass is 156 g/mol. The summed E-state index contributed by atoms with van der Waals surface area (Å²) < 4.78 is 0. The molecule has 1 amide bonds. The fourth-order valence-corrected chi connectivity index (χ4v) is 1.32. The second-order valence-corrected chi connectivity index (χ2v) is 3.29. The van der Waals surface area contributed by atoms with Gasteiger partial charge in [0.2, 0.25) is 5.91 Å². The standard InChI is InChI=1S/C8H16N2O/c1-10(2)8(11)6-7-4-3-5-9-7/h7,9H,3-6H2,1-2H3/t7-/m1/s1. The van der Waals surface area contributed by atoms with Crippen LogP contribution in [0.25, 0.3) is 0 Å². The summed E-state index contributed by atoms with van der Waals surface area (Å²) in [6.07, 6.45) is 3.03. The van der Waals surface area contributed by atoms with E-state index in [1.807, 2.05) is 0 Å². The fraction of sp³-hybridized carbons (Fsp3) is 0.875. The van der Waals surface area contributed by atoms with Crippen molar-refractivity contribution in [2.24, 2.45) is 0 Å². The summed E-state index contributed by atoms with van der Waals surface area (Å²) >= 11 is 0. The van der Waals surface area contributed by atoms with Crippen molar-refractivity contribution in [1.82, 2.24) is 10.2 Å². The van der Waals surface area contributed by atoms with Gasteiger partial charge in [-0.05, 0) is 19.4 Å². The van der Waals surface area contributed by atoms with Crippen molar-refractivity contribution in [2.75, 3.05) is 20.6 Å². The molecule has 1 fully saturated rings. The van der Waals surface area contributed by atoms with E-state index in [2.05, 4.69) is 5.32 Å². The minimum atomic E-state index is 0.226. The van der Waals surface area contributed by atoms with Gasteiger partial charge in [0.15, 0.2) is 0 Å². The predicted octanol–water partition coefficient (Wildman–Crippen LogP) is 0.217. The molecule has 0 aromatic rings. The average Bonchev–Trinajstić information content (AvgIpc) is 2.39. The molecule has 0 aromatic heterocycles. The number of carbonyl (C=O) groups excluding carboxylic acids is 1. The summed E-state index contributed by atoms with van der Waals surface area (Å²) in [5, 5.41) is 3.29. The summed E-state index contributed by atoms with van der Waals surface area (Å²) in [5.74, 6) is 0.226. The lowest BCUT2D eigenvalue weighted by molar-refractivity contribution is -0.129. The smallest absolute Gasteiger partial charge is 0.223 e. The van der Waals surface area contributed by atoms with Crippen molar-refractivity contribution in [1.29, 1.82) is 0 Å². The Morgan fingerprint density at radius 1 is 1.64 bits per heavy atom. The van der Waals surface area contributed by atoms with Gasteiger partial charge >= 0.3 is 0 Å². The molecule has 0 unspecified atom stereocenters. The molecule has 1 aliphatic rings. The van der Waals surface area contributed by atoms with Gasteiger partial charge in [0, 0.05) is 26.6 Å². The van der Waals surface area contributed by atoms with Crippen LogP contribution >= 0.6 is 0 Å². The summed E-state index contributed by atoms with van der Waals surface area (Å²) in [6.45, 7) is 1.07. The molecule has 0 saturated carbocycles. The highest BCUT2D eigenvalue weighted by molar-refractivity contribution is 5.76. The van der Waals surface area contributed by atoms with Crippen LogP contribution in [0.15, 0.2) is 0 Å². The Morgan fingerprint density at radius 2 is 2.36 bits per heavy atom.